The third-order valence-corrected chi connectivity index (χ3v) is 33.8. The maximum absolute atomic E-state index is 13.2. The van der Waals surface area contributed by atoms with E-state index < -0.39 is 37.2 Å². The molecule has 0 aromatic carbocycles. The van der Waals surface area contributed by atoms with Crippen LogP contribution in [0.4, 0.5) is 0 Å². The molecule has 26 atom stereocenters. The molecule has 0 heterocycles. The summed E-state index contributed by atoms with van der Waals surface area (Å²) in [5.74, 6) is 87.3. The first-order valence-corrected chi connectivity index (χ1v) is 48.8. The number of hydrogen-bond donors (Lipinski definition) is 1. The smallest absolute Gasteiger partial charge is 0.385 e. The highest BCUT2D eigenvalue weighted by Crippen LogP contribution is 2.71. The topological polar surface area (TPSA) is 195 Å². The Bertz CT molecular complexity index is 5210. The molecule has 1 N–H and O–H groups in total. The number of fused-ring (bicyclic) bond motifs is 15. The number of aliphatic hydroxyl groups is 1. The monoisotopic (exact) mass is 1820 g/mol. The second kappa shape index (κ2) is 48.3. The van der Waals surface area contributed by atoms with Crippen molar-refractivity contribution in [2.75, 3.05) is 32.2 Å². The molecular formula is C114H192O14S. The van der Waals surface area contributed by atoms with Crippen molar-refractivity contribution in [1.82, 2.24) is 0 Å². The maximum atomic E-state index is 13.2. The molecule has 14 nitrogen and oxygen atoms in total. The zero-order valence-electron chi connectivity index (χ0n) is 78.8. The van der Waals surface area contributed by atoms with E-state index in [1.54, 1.807) is 32.5 Å². The van der Waals surface area contributed by atoms with Crippen molar-refractivity contribution in [3.63, 3.8) is 0 Å². The summed E-state index contributed by atoms with van der Waals surface area (Å²) in [5, 5.41) is 10.1. The highest BCUT2D eigenvalue weighted by atomic mass is 32.2. The zero-order chi connectivity index (χ0) is 92.8. The molecule has 12 fully saturated rings. The van der Waals surface area contributed by atoms with Crippen LogP contribution in [0, 0.1) is 323 Å². The number of ether oxygens (including phenoxy) is 6. The van der Waals surface area contributed by atoms with Crippen LogP contribution in [0.3, 0.4) is 0 Å². The maximum Gasteiger partial charge on any atom is 0.385 e. The van der Waals surface area contributed by atoms with Crippen molar-refractivity contribution in [3.05, 3.63) is 0 Å². The summed E-state index contributed by atoms with van der Waals surface area (Å²) >= 11 is 1.80. The average molecular weight is 1820 g/mol. The standard InChI is InChI=1S/C70H60O10.C23H38O2S.C21H34O2.30H2/c1-8-10-12-14-16-18-20-22-24-26-28-30-32-34-36-38-65(72)76-52-60(53-77-66(73)39-37-35-33-31-29-27-25-23-21-19-17-15-13-11-9-2)80-68(75)50-56(4)48-55(3)49-67(74)79-54-78-59-44-46-69(6)58(51-59)40-41-61-63-43-42-62(57(5)71)70(63,7)47-45-64(61)69;1-15(24)19-7-8-20-18-6-5-16-13-17(25-14-26-4)9-11-22(16,2)21(18)10-12-23(19,20)3;1-13(22)17-6-7-18-16-5-4-14-12-15(23)8-10-20(14,2)19(16)9-11-21(17,18)3;;;;;;;;;;;;;;;;;;;;;;;;;;;;;;/h55-56,58-64H,40-54H2,1-7H3;16-21H,5-14H2,1-4H3;14-19,23H,4-12H2,1-3H3;30*1H/t55?,56?,58-,59-,61-,62+,63-,64-,69-,70+;16-,17-,18-,19+,20-,21-,22-,23+;14-,15-,16-,17+,18-,19-,20-,21+;;;;;;;;;;;;;;;;;;;;;;;;;;;;;;/m000............................../s1. The van der Waals surface area contributed by atoms with Crippen molar-refractivity contribution in [1.29, 1.82) is 0 Å². The minimum atomic E-state index is -1.23. The lowest BCUT2D eigenvalue weighted by Crippen LogP contribution is -2.54. The SMILES string of the molecule is CC#CC#CC#CC#CC#CC#CC#CC#CC(=O)OCC(COC(=O)C#CC#CC#CC#CC#CC#CC#CC#CC)OC(=O)CC(C)CC(C)CC(=O)OCO[C@H]1CC[C@@]2(C)[C@@H](CC[C@@H]3[C@@H]2CC[C@]2(C)[C@@H](C(C)=O)CC[C@@H]32)C1.CC(=O)[C@H]1CC[C@H]2[C@@H]3CC[C@H]4C[C@@H](O)CC[C@]4(C)[C@H]3CC[C@]12C.CSCO[C@H]1CC[C@@]2(C)[C@@H](CC[C@@H]3[C@@H]2CC[C@]2(C)[C@@H](C(C)=O)CC[C@@H]32)C1.[HH].[HH].[HH].[HH].[HH].[HH].[HH].[HH].[HH].[HH].[HH].[HH].[HH].[HH].[HH].[HH].[HH].[HH].[HH].[HH].[HH].[HH].[HH].[HH].[HH].[HH].[HH].[HH].[HH].[HH]. The van der Waals surface area contributed by atoms with Gasteiger partial charge in [-0.25, -0.2) is 9.59 Å². The van der Waals surface area contributed by atoms with Crippen LogP contribution in [0.15, 0.2) is 0 Å². The van der Waals surface area contributed by atoms with E-state index in [0.717, 1.165) is 111 Å². The van der Waals surface area contributed by atoms with E-state index in [9.17, 15) is 38.7 Å². The molecule has 0 radical (unpaired) electrons. The third kappa shape index (κ3) is 26.3. The zero-order valence-corrected chi connectivity index (χ0v) is 79.6. The van der Waals surface area contributed by atoms with Crippen molar-refractivity contribution in [3.8, 4) is 189 Å². The molecule has 15 heteroatoms. The van der Waals surface area contributed by atoms with Gasteiger partial charge in [0.15, 0.2) is 12.9 Å². The Morgan fingerprint density at radius 1 is 0.364 bits per heavy atom. The molecule has 129 heavy (non-hydrogen) atoms. The lowest BCUT2D eigenvalue weighted by Gasteiger charge is -2.61. The normalized spacial score (nSPS) is 33.7. The number of esters is 4. The van der Waals surface area contributed by atoms with Gasteiger partial charge in [-0.05, 0) is 502 Å². The van der Waals surface area contributed by atoms with Gasteiger partial charge in [-0.15, -0.1) is 11.8 Å². The van der Waals surface area contributed by atoms with Gasteiger partial charge in [0.1, 0.15) is 30.6 Å². The van der Waals surface area contributed by atoms with E-state index in [0.29, 0.717) is 81.6 Å². The Balaban J connectivity index is -0.000000106. The predicted molar refractivity (Wildman–Crippen MR) is 566 cm³/mol. The number of rotatable bonds is 20. The van der Waals surface area contributed by atoms with Gasteiger partial charge >= 0.3 is 23.9 Å². The molecule has 0 aromatic rings. The molecule has 0 spiro atoms. The molecule has 738 valence electrons. The molecule has 12 saturated carbocycles. The number of carbonyl (C=O) groups is 7. The molecule has 12 aliphatic carbocycles. The number of aliphatic hydroxyl groups excluding tert-OH is 1. The Morgan fingerprint density at radius 2 is 0.674 bits per heavy atom. The van der Waals surface area contributed by atoms with Crippen LogP contribution in [0.1, 0.15) is 325 Å². The quantitative estimate of drug-likeness (QED) is 0.0397. The van der Waals surface area contributed by atoms with Crippen LogP contribution in [0.5, 0.6) is 0 Å². The molecular weight excluding hydrogens is 1630 g/mol. The molecule has 0 amide bonds. The van der Waals surface area contributed by atoms with Crippen LogP contribution in [-0.4, -0.2) is 103 Å². The first-order valence-electron chi connectivity index (χ1n) is 47.4. The number of carbonyl (C=O) groups excluding carboxylic acids is 7. The summed E-state index contributed by atoms with van der Waals surface area (Å²) in [6.45, 7) is 26.4. The molecule has 0 aromatic heterocycles. The van der Waals surface area contributed by atoms with E-state index in [2.05, 4.69) is 237 Å². The van der Waals surface area contributed by atoms with Gasteiger partial charge in [0.2, 0.25) is 0 Å². The van der Waals surface area contributed by atoms with Crippen molar-refractivity contribution < 1.29 is 110 Å². The van der Waals surface area contributed by atoms with E-state index >= 15 is 0 Å². The number of thioether (sulfide) groups is 1. The van der Waals surface area contributed by atoms with Crippen molar-refractivity contribution in [2.45, 2.75) is 307 Å². The highest BCUT2D eigenvalue weighted by Gasteiger charge is 2.65. The number of hydrogen-bond acceptors (Lipinski definition) is 15. The first-order chi connectivity index (χ1) is 62.0. The minimum absolute atomic E-state index is 0. The van der Waals surface area contributed by atoms with Crippen LogP contribution in [0.25, 0.3) is 0 Å². The van der Waals surface area contributed by atoms with Crippen LogP contribution in [0.2, 0.25) is 0 Å². The summed E-state index contributed by atoms with van der Waals surface area (Å²) < 4.78 is 33.8. The predicted octanol–water partition coefficient (Wildman–Crippen LogP) is 24.6. The van der Waals surface area contributed by atoms with E-state index in [4.69, 9.17) is 28.4 Å². The fourth-order valence-corrected chi connectivity index (χ4v) is 27.9. The van der Waals surface area contributed by atoms with Gasteiger partial charge in [0.05, 0.1) is 24.3 Å². The van der Waals surface area contributed by atoms with E-state index in [1.165, 1.54) is 116 Å². The van der Waals surface area contributed by atoms with Gasteiger partial charge in [-0.1, -0.05) is 67.2 Å². The Labute approximate surface area is 821 Å². The Hall–Kier alpha value is -9.92. The van der Waals surface area contributed by atoms with E-state index in [-0.39, 0.29) is 115 Å². The van der Waals surface area contributed by atoms with Crippen molar-refractivity contribution in [2.24, 2.45) is 133 Å². The molecule has 0 aliphatic heterocycles. The lowest BCUT2D eigenvalue weighted by atomic mass is 9.44. The van der Waals surface area contributed by atoms with Crippen molar-refractivity contribution >= 4 is 53.0 Å². The highest BCUT2D eigenvalue weighted by molar-refractivity contribution is 7.98. The van der Waals surface area contributed by atoms with Crippen LogP contribution < -0.4 is 0 Å². The number of ketones is 3. The summed E-state index contributed by atoms with van der Waals surface area (Å²) in [6.07, 6.45) is 34.7. The molecule has 0 saturated heterocycles. The summed E-state index contributed by atoms with van der Waals surface area (Å²) in [4.78, 5) is 88.0. The molecule has 2 unspecified atom stereocenters. The lowest BCUT2D eigenvalue weighted by molar-refractivity contribution is -0.174. The molecule has 0 bridgehead atoms. The first kappa shape index (κ1) is 101. The average Bonchev–Trinajstić information content (AvgIpc) is 1.63. The second-order valence-electron chi connectivity index (χ2n) is 40.3. The molecule has 12 rings (SSSR count). The summed E-state index contributed by atoms with van der Waals surface area (Å²) in [5.41, 5.74) is 1.97. The fraction of sp³-hybridized carbons (Fsp3) is 0.658. The number of Topliss-reactive ketones (excluding diaryl/α,β-unsaturated/α-hetero) is 3. The van der Waals surface area contributed by atoms with Gasteiger partial charge in [-0.3, -0.25) is 24.0 Å². The Morgan fingerprint density at radius 3 is 1.02 bits per heavy atom. The summed E-state index contributed by atoms with van der Waals surface area (Å²) in [7, 11) is 0. The summed E-state index contributed by atoms with van der Waals surface area (Å²) in [6, 6.07) is 0. The van der Waals surface area contributed by atoms with Gasteiger partial charge < -0.3 is 33.5 Å². The van der Waals surface area contributed by atoms with Gasteiger partial charge in [-0.2, -0.15) is 0 Å². The Kier molecular flexibility index (Phi) is 37.9. The fourth-order valence-electron chi connectivity index (χ4n) is 27.6. The van der Waals surface area contributed by atoms with Crippen LogP contribution in [-0.2, 0) is 62.0 Å². The second-order valence-corrected chi connectivity index (χ2v) is 41.1. The largest absolute Gasteiger partial charge is 0.455 e. The third-order valence-electron chi connectivity index (χ3n) is 33.4. The van der Waals surface area contributed by atoms with Gasteiger partial charge in [0.25, 0.3) is 0 Å². The van der Waals surface area contributed by atoms with Crippen LogP contribution >= 0.6 is 11.8 Å². The van der Waals surface area contributed by atoms with Gasteiger partial charge in [0, 0.05) is 85.2 Å². The van der Waals surface area contributed by atoms with E-state index in [1.807, 2.05) is 27.7 Å². The molecule has 12 aliphatic rings. The minimum Gasteiger partial charge on any atom is -0.455 e.